The van der Waals surface area contributed by atoms with Crippen LogP contribution in [0.25, 0.3) is 0 Å². The topological polar surface area (TPSA) is 27.6 Å². The predicted molar refractivity (Wildman–Crippen MR) is 104 cm³/mol. The first-order valence-corrected chi connectivity index (χ1v) is 8.38. The maximum absolute atomic E-state index is 4.72. The number of hydrogen-bond acceptors (Lipinski definition) is 1. The van der Waals surface area contributed by atoms with Crippen molar-refractivity contribution in [3.8, 4) is 0 Å². The van der Waals surface area contributed by atoms with E-state index >= 15 is 0 Å². The first kappa shape index (κ1) is 17.6. The monoisotopic (exact) mass is 413 g/mol. The van der Waals surface area contributed by atoms with Gasteiger partial charge in [0.05, 0.1) is 0 Å². The van der Waals surface area contributed by atoms with Crippen molar-refractivity contribution in [3.63, 3.8) is 0 Å². The van der Waals surface area contributed by atoms with Gasteiger partial charge in [0, 0.05) is 31.6 Å². The van der Waals surface area contributed by atoms with E-state index < -0.39 is 0 Å². The lowest BCUT2D eigenvalue weighted by Gasteiger charge is -2.33. The molecular weight excluding hydrogens is 385 g/mol. The highest BCUT2D eigenvalue weighted by Crippen LogP contribution is 2.40. The zero-order valence-electron chi connectivity index (χ0n) is 13.7. The Kier molecular flexibility index (Phi) is 6.53. The molecule has 4 heteroatoms. The third-order valence-electron chi connectivity index (χ3n) is 4.60. The van der Waals surface area contributed by atoms with Gasteiger partial charge in [0.25, 0.3) is 0 Å². The Morgan fingerprint density at radius 2 is 2.09 bits per heavy atom. The molecule has 1 saturated heterocycles. The van der Waals surface area contributed by atoms with Gasteiger partial charge in [-0.25, -0.2) is 0 Å². The summed E-state index contributed by atoms with van der Waals surface area (Å²) in [5.74, 6) is 2.58. The van der Waals surface area contributed by atoms with E-state index in [1.807, 2.05) is 0 Å². The van der Waals surface area contributed by atoms with Crippen molar-refractivity contribution in [3.05, 3.63) is 35.9 Å². The second kappa shape index (κ2) is 8.18. The molecule has 2 fully saturated rings. The molecule has 2 aliphatic rings. The normalized spacial score (nSPS) is 28.0. The molecular formula is C18H28IN3. The first-order chi connectivity index (χ1) is 10.3. The van der Waals surface area contributed by atoms with E-state index in [1.54, 1.807) is 0 Å². The van der Waals surface area contributed by atoms with Crippen molar-refractivity contribution in [2.75, 3.05) is 19.6 Å². The zero-order valence-corrected chi connectivity index (χ0v) is 16.0. The zero-order chi connectivity index (χ0) is 14.7. The first-order valence-electron chi connectivity index (χ1n) is 8.38. The molecule has 1 aromatic rings. The second-order valence-electron chi connectivity index (χ2n) is 6.50. The van der Waals surface area contributed by atoms with E-state index in [2.05, 4.69) is 54.4 Å². The van der Waals surface area contributed by atoms with Crippen LogP contribution in [0.2, 0.25) is 0 Å². The highest BCUT2D eigenvalue weighted by Gasteiger charge is 2.39. The minimum absolute atomic E-state index is 0. The Morgan fingerprint density at radius 3 is 2.77 bits per heavy atom. The molecule has 3 rings (SSSR count). The smallest absolute Gasteiger partial charge is 0.194 e. The van der Waals surface area contributed by atoms with E-state index in [1.165, 1.54) is 24.8 Å². The Hall–Kier alpha value is -0.780. The SMILES string of the molecule is CCN=C(NC1CC1c1ccccc1)N1CCCC(C)C1.I. The average molecular weight is 413 g/mol. The van der Waals surface area contributed by atoms with Crippen LogP contribution >= 0.6 is 24.0 Å². The Labute approximate surface area is 151 Å². The number of nitrogens with zero attached hydrogens (tertiary/aromatic N) is 2. The van der Waals surface area contributed by atoms with Crippen LogP contribution in [-0.4, -0.2) is 36.5 Å². The van der Waals surface area contributed by atoms with Gasteiger partial charge in [-0.05, 0) is 37.7 Å². The van der Waals surface area contributed by atoms with Crippen molar-refractivity contribution < 1.29 is 0 Å². The predicted octanol–water partition coefficient (Wildman–Crippen LogP) is 3.86. The second-order valence-corrected chi connectivity index (χ2v) is 6.50. The number of piperidine rings is 1. The summed E-state index contributed by atoms with van der Waals surface area (Å²) in [5, 5.41) is 3.71. The number of nitrogens with one attached hydrogen (secondary N) is 1. The molecule has 1 aromatic carbocycles. The summed E-state index contributed by atoms with van der Waals surface area (Å²) in [4.78, 5) is 7.18. The molecule has 0 radical (unpaired) electrons. The van der Waals surface area contributed by atoms with Gasteiger partial charge in [-0.3, -0.25) is 4.99 Å². The molecule has 1 N–H and O–H groups in total. The van der Waals surface area contributed by atoms with Crippen LogP contribution in [0, 0.1) is 5.92 Å². The van der Waals surface area contributed by atoms with Crippen LogP contribution in [-0.2, 0) is 0 Å². The maximum Gasteiger partial charge on any atom is 0.194 e. The van der Waals surface area contributed by atoms with Crippen LogP contribution in [0.3, 0.4) is 0 Å². The molecule has 3 atom stereocenters. The van der Waals surface area contributed by atoms with Crippen LogP contribution < -0.4 is 5.32 Å². The van der Waals surface area contributed by atoms with Crippen molar-refractivity contribution >= 4 is 29.9 Å². The van der Waals surface area contributed by atoms with E-state index in [-0.39, 0.29) is 24.0 Å². The van der Waals surface area contributed by atoms with E-state index in [4.69, 9.17) is 4.99 Å². The summed E-state index contributed by atoms with van der Waals surface area (Å²) in [6.07, 6.45) is 3.88. The van der Waals surface area contributed by atoms with Gasteiger partial charge in [0.2, 0.25) is 0 Å². The molecule has 3 nitrogen and oxygen atoms in total. The van der Waals surface area contributed by atoms with Gasteiger partial charge < -0.3 is 10.2 Å². The number of aliphatic imine (C=N–C) groups is 1. The Morgan fingerprint density at radius 1 is 1.32 bits per heavy atom. The van der Waals surface area contributed by atoms with E-state index in [9.17, 15) is 0 Å². The van der Waals surface area contributed by atoms with Gasteiger partial charge in [-0.1, -0.05) is 37.3 Å². The Bertz CT molecular complexity index is 488. The Balaban J connectivity index is 0.00000176. The fraction of sp³-hybridized carbons (Fsp3) is 0.611. The van der Waals surface area contributed by atoms with E-state index in [0.717, 1.165) is 31.5 Å². The highest BCUT2D eigenvalue weighted by atomic mass is 127. The summed E-state index contributed by atoms with van der Waals surface area (Å²) < 4.78 is 0. The summed E-state index contributed by atoms with van der Waals surface area (Å²) >= 11 is 0. The number of guanidine groups is 1. The molecule has 1 aliphatic carbocycles. The summed E-state index contributed by atoms with van der Waals surface area (Å²) in [7, 11) is 0. The molecule has 3 unspecified atom stereocenters. The van der Waals surface area contributed by atoms with Crippen molar-refractivity contribution in [1.82, 2.24) is 10.2 Å². The summed E-state index contributed by atoms with van der Waals surface area (Å²) in [5.41, 5.74) is 1.46. The van der Waals surface area contributed by atoms with Crippen LogP contribution in [0.1, 0.15) is 44.6 Å². The largest absolute Gasteiger partial charge is 0.353 e. The molecule has 0 aromatic heterocycles. The number of rotatable bonds is 3. The van der Waals surface area contributed by atoms with Crippen molar-refractivity contribution in [2.24, 2.45) is 10.9 Å². The standard InChI is InChI=1S/C18H27N3.HI/c1-3-19-18(21-11-7-8-14(2)13-21)20-17-12-16(17)15-9-5-4-6-10-15;/h4-6,9-10,14,16-17H,3,7-8,11-13H2,1-2H3,(H,19,20);1H. The van der Waals surface area contributed by atoms with Crippen molar-refractivity contribution in [2.45, 2.75) is 45.1 Å². The van der Waals surface area contributed by atoms with Crippen LogP contribution in [0.5, 0.6) is 0 Å². The third-order valence-corrected chi connectivity index (χ3v) is 4.60. The van der Waals surface area contributed by atoms with Crippen molar-refractivity contribution in [1.29, 1.82) is 0 Å². The summed E-state index contributed by atoms with van der Waals surface area (Å²) in [6.45, 7) is 7.62. The van der Waals surface area contributed by atoms with Crippen LogP contribution in [0.4, 0.5) is 0 Å². The molecule has 22 heavy (non-hydrogen) atoms. The summed E-state index contributed by atoms with van der Waals surface area (Å²) in [6, 6.07) is 11.4. The highest BCUT2D eigenvalue weighted by molar-refractivity contribution is 14.0. The molecule has 0 amide bonds. The van der Waals surface area contributed by atoms with Gasteiger partial charge in [-0.15, -0.1) is 24.0 Å². The number of hydrogen-bond donors (Lipinski definition) is 1. The van der Waals surface area contributed by atoms with Gasteiger partial charge in [0.15, 0.2) is 5.96 Å². The molecule has 0 bridgehead atoms. The lowest BCUT2D eigenvalue weighted by atomic mass is 10.0. The molecule has 1 aliphatic heterocycles. The lowest BCUT2D eigenvalue weighted by molar-refractivity contribution is 0.265. The number of halogens is 1. The third kappa shape index (κ3) is 4.37. The lowest BCUT2D eigenvalue weighted by Crippen LogP contribution is -2.47. The maximum atomic E-state index is 4.72. The molecule has 1 heterocycles. The van der Waals surface area contributed by atoms with Gasteiger partial charge in [0.1, 0.15) is 0 Å². The number of likely N-dealkylation sites (tertiary alicyclic amines) is 1. The quantitative estimate of drug-likeness (QED) is 0.463. The fourth-order valence-electron chi connectivity index (χ4n) is 3.36. The molecule has 1 saturated carbocycles. The van der Waals surface area contributed by atoms with Crippen LogP contribution in [0.15, 0.2) is 35.3 Å². The minimum atomic E-state index is 0. The molecule has 0 spiro atoms. The average Bonchev–Trinajstić information content (AvgIpc) is 3.27. The van der Waals surface area contributed by atoms with Gasteiger partial charge in [-0.2, -0.15) is 0 Å². The van der Waals surface area contributed by atoms with E-state index in [0.29, 0.717) is 12.0 Å². The van der Waals surface area contributed by atoms with Gasteiger partial charge >= 0.3 is 0 Å². The minimum Gasteiger partial charge on any atom is -0.353 e. The fourth-order valence-corrected chi connectivity index (χ4v) is 3.36. The molecule has 122 valence electrons. The number of benzene rings is 1.